The average Bonchev–Trinajstić information content (AvgIpc) is 3.04. The summed E-state index contributed by atoms with van der Waals surface area (Å²) >= 11 is 0. The maximum absolute atomic E-state index is 14.3. The maximum Gasteiger partial charge on any atom is 0.389 e. The van der Waals surface area contributed by atoms with E-state index in [1.54, 1.807) is 13.8 Å². The maximum atomic E-state index is 14.3. The molecule has 0 unspecified atom stereocenters. The van der Waals surface area contributed by atoms with E-state index in [1.807, 2.05) is 6.92 Å². The first-order valence-corrected chi connectivity index (χ1v) is 17.3. The number of methoxy groups -OCH3 is 1. The normalized spacial score (nSPS) is 20.6. The molecule has 0 radical (unpaired) electrons. The number of amides is 2. The van der Waals surface area contributed by atoms with E-state index in [1.165, 1.54) is 66.4 Å². The Labute approximate surface area is 280 Å². The number of halogens is 3. The van der Waals surface area contributed by atoms with Gasteiger partial charge >= 0.3 is 6.18 Å². The molecule has 0 spiro atoms. The van der Waals surface area contributed by atoms with Crippen molar-refractivity contribution in [3.05, 3.63) is 48.0 Å². The number of likely N-dealkylation sites (N-methyl/N-ethyl adjacent to an activating group) is 1. The number of anilines is 1. The van der Waals surface area contributed by atoms with Crippen molar-refractivity contribution in [2.75, 3.05) is 45.2 Å². The van der Waals surface area contributed by atoms with Gasteiger partial charge in [-0.2, -0.15) is 13.2 Å². The van der Waals surface area contributed by atoms with E-state index in [-0.39, 0.29) is 41.1 Å². The van der Waals surface area contributed by atoms with Crippen LogP contribution >= 0.6 is 0 Å². The first kappa shape index (κ1) is 38.9. The molecule has 0 saturated carbocycles. The number of ether oxygens (including phenoxy) is 3. The predicted octanol–water partition coefficient (Wildman–Crippen LogP) is 5.09. The number of carbonyl (C=O) groups is 2. The molecule has 2 aromatic rings. The van der Waals surface area contributed by atoms with Gasteiger partial charge in [0.1, 0.15) is 11.5 Å². The lowest BCUT2D eigenvalue weighted by Gasteiger charge is -2.36. The largest absolute Gasteiger partial charge is 0.497 e. The van der Waals surface area contributed by atoms with E-state index in [9.17, 15) is 36.3 Å². The molecule has 48 heavy (non-hydrogen) atoms. The molecule has 0 bridgehead atoms. The Kier molecular flexibility index (Phi) is 13.9. The van der Waals surface area contributed by atoms with E-state index >= 15 is 0 Å². The zero-order valence-corrected chi connectivity index (χ0v) is 28.8. The number of carbonyl (C=O) groups excluding carboxylic acids is 2. The fraction of sp³-hybridized carbons (Fsp3) is 0.576. The molecule has 0 fully saturated rings. The van der Waals surface area contributed by atoms with E-state index < -0.39 is 65.5 Å². The minimum Gasteiger partial charge on any atom is -0.497 e. The molecule has 2 aromatic carbocycles. The third-order valence-electron chi connectivity index (χ3n) is 8.18. The van der Waals surface area contributed by atoms with Gasteiger partial charge in [0.25, 0.3) is 15.9 Å². The summed E-state index contributed by atoms with van der Waals surface area (Å²) in [5.41, 5.74) is 0.179. The first-order chi connectivity index (χ1) is 22.5. The quantitative estimate of drug-likeness (QED) is 0.350. The number of fused-ring (bicyclic) bond motifs is 1. The SMILES string of the molecule is COc1ccc(S(=O)(=O)Nc2ccc3c(c2)C(=O)N([C@H](C)CO)C[C@H](C)[C@@H](CN(C)C(=O)CCC(F)(F)F)OCCCC[C@H](C)O3)cc1. The zero-order chi connectivity index (χ0) is 35.6. The molecule has 2 amide bonds. The zero-order valence-electron chi connectivity index (χ0n) is 28.0. The third-order valence-corrected chi connectivity index (χ3v) is 9.57. The summed E-state index contributed by atoms with van der Waals surface area (Å²) in [4.78, 5) is 29.4. The molecule has 15 heteroatoms. The number of sulfonamides is 1. The van der Waals surface area contributed by atoms with Gasteiger partial charge in [0.15, 0.2) is 0 Å². The van der Waals surface area contributed by atoms with E-state index in [0.29, 0.717) is 31.6 Å². The topological polar surface area (TPSA) is 135 Å². The Bertz CT molecular complexity index is 1470. The summed E-state index contributed by atoms with van der Waals surface area (Å²) in [5, 5.41) is 10.1. The van der Waals surface area contributed by atoms with Crippen molar-refractivity contribution in [2.24, 2.45) is 5.92 Å². The molecular weight excluding hydrogens is 655 g/mol. The number of hydrogen-bond acceptors (Lipinski definition) is 8. The molecule has 1 heterocycles. The highest BCUT2D eigenvalue weighted by Gasteiger charge is 2.32. The Morgan fingerprint density at radius 2 is 1.85 bits per heavy atom. The lowest BCUT2D eigenvalue weighted by molar-refractivity contribution is -0.149. The second-order valence-electron chi connectivity index (χ2n) is 12.2. The summed E-state index contributed by atoms with van der Waals surface area (Å²) in [6, 6.07) is 9.54. The lowest BCUT2D eigenvalue weighted by Crippen LogP contribution is -2.48. The lowest BCUT2D eigenvalue weighted by atomic mass is 10.0. The van der Waals surface area contributed by atoms with Crippen LogP contribution in [0.5, 0.6) is 11.5 Å². The van der Waals surface area contributed by atoms with Crippen LogP contribution in [0.1, 0.15) is 63.2 Å². The first-order valence-electron chi connectivity index (χ1n) is 15.9. The van der Waals surface area contributed by atoms with Crippen molar-refractivity contribution in [2.45, 2.75) is 82.2 Å². The van der Waals surface area contributed by atoms with Crippen LogP contribution in [0, 0.1) is 5.92 Å². The smallest absolute Gasteiger partial charge is 0.389 e. The molecule has 0 saturated heterocycles. The summed E-state index contributed by atoms with van der Waals surface area (Å²) in [7, 11) is -1.16. The molecule has 4 atom stereocenters. The van der Waals surface area contributed by atoms with Crippen molar-refractivity contribution in [3.63, 3.8) is 0 Å². The molecule has 3 rings (SSSR count). The van der Waals surface area contributed by atoms with Crippen molar-refractivity contribution >= 4 is 27.5 Å². The Morgan fingerprint density at radius 1 is 1.17 bits per heavy atom. The highest BCUT2D eigenvalue weighted by Crippen LogP contribution is 2.30. The molecule has 268 valence electrons. The summed E-state index contributed by atoms with van der Waals surface area (Å²) in [6.45, 7) is 5.28. The van der Waals surface area contributed by atoms with Crippen molar-refractivity contribution < 1.29 is 50.5 Å². The van der Waals surface area contributed by atoms with Gasteiger partial charge in [-0.05, 0) is 75.6 Å². The number of nitrogens with zero attached hydrogens (tertiary/aromatic N) is 2. The number of alkyl halides is 3. The fourth-order valence-corrected chi connectivity index (χ4v) is 6.28. The standard InChI is InChI=1S/C33H46F3N3O8S/c1-22-19-39(23(2)21-40)32(42)28-18-25(37-48(43,44)27-12-10-26(45-5)11-13-27)9-14-29(28)47-24(3)8-6-7-17-46-30(22)20-38(4)31(41)15-16-33(34,35)36/h9-14,18,22-24,30,37,40H,6-8,15-17,19-21H2,1-5H3/t22-,23+,24-,30+/m0/s1. The highest BCUT2D eigenvalue weighted by atomic mass is 32.2. The second kappa shape index (κ2) is 17.2. The van der Waals surface area contributed by atoms with Gasteiger partial charge in [-0.3, -0.25) is 14.3 Å². The van der Waals surface area contributed by atoms with E-state index in [2.05, 4.69) is 4.72 Å². The van der Waals surface area contributed by atoms with Crippen LogP contribution in [-0.2, 0) is 19.6 Å². The van der Waals surface area contributed by atoms with Crippen LogP contribution in [0.4, 0.5) is 18.9 Å². The summed E-state index contributed by atoms with van der Waals surface area (Å²) in [5.74, 6) is -0.923. The molecular formula is C33H46F3N3O8S. The van der Waals surface area contributed by atoms with Gasteiger partial charge in [-0.1, -0.05) is 6.92 Å². The molecule has 1 aliphatic heterocycles. The number of hydrogen-bond donors (Lipinski definition) is 2. The van der Waals surface area contributed by atoms with Crippen molar-refractivity contribution in [3.8, 4) is 11.5 Å². The van der Waals surface area contributed by atoms with Crippen LogP contribution < -0.4 is 14.2 Å². The summed E-state index contributed by atoms with van der Waals surface area (Å²) < 4.78 is 84.6. The predicted molar refractivity (Wildman–Crippen MR) is 174 cm³/mol. The van der Waals surface area contributed by atoms with Gasteiger partial charge in [-0.25, -0.2) is 8.42 Å². The second-order valence-corrected chi connectivity index (χ2v) is 13.9. The van der Waals surface area contributed by atoms with Gasteiger partial charge in [-0.15, -0.1) is 0 Å². The Hall–Kier alpha value is -3.56. The van der Waals surface area contributed by atoms with Crippen LogP contribution in [-0.4, -0.2) is 100 Å². The minimum absolute atomic E-state index is 0.000776. The number of aliphatic hydroxyl groups is 1. The number of aliphatic hydroxyl groups excluding tert-OH is 1. The highest BCUT2D eigenvalue weighted by molar-refractivity contribution is 7.92. The third kappa shape index (κ3) is 11.3. The van der Waals surface area contributed by atoms with Gasteiger partial charge < -0.3 is 29.1 Å². The van der Waals surface area contributed by atoms with Crippen LogP contribution in [0.3, 0.4) is 0 Å². The average molecular weight is 702 g/mol. The van der Waals surface area contributed by atoms with E-state index in [4.69, 9.17) is 14.2 Å². The van der Waals surface area contributed by atoms with Gasteiger partial charge in [0.2, 0.25) is 5.91 Å². The van der Waals surface area contributed by atoms with Crippen LogP contribution in [0.25, 0.3) is 0 Å². The molecule has 2 N–H and O–H groups in total. The Morgan fingerprint density at radius 3 is 2.48 bits per heavy atom. The number of benzene rings is 2. The number of nitrogens with one attached hydrogen (secondary N) is 1. The molecule has 0 aliphatic carbocycles. The molecule has 0 aromatic heterocycles. The summed E-state index contributed by atoms with van der Waals surface area (Å²) in [6.07, 6.45) is -5.37. The Balaban J connectivity index is 1.95. The fourth-order valence-electron chi connectivity index (χ4n) is 5.23. The molecule has 1 aliphatic rings. The van der Waals surface area contributed by atoms with Crippen LogP contribution in [0.2, 0.25) is 0 Å². The van der Waals surface area contributed by atoms with Crippen LogP contribution in [0.15, 0.2) is 47.4 Å². The number of rotatable bonds is 10. The van der Waals surface area contributed by atoms with Gasteiger partial charge in [0.05, 0.1) is 48.8 Å². The monoisotopic (exact) mass is 701 g/mol. The minimum atomic E-state index is -4.46. The van der Waals surface area contributed by atoms with Gasteiger partial charge in [0, 0.05) is 44.8 Å². The molecule has 11 nitrogen and oxygen atoms in total. The van der Waals surface area contributed by atoms with Crippen molar-refractivity contribution in [1.82, 2.24) is 9.80 Å². The van der Waals surface area contributed by atoms with E-state index in [0.717, 1.165) is 0 Å². The van der Waals surface area contributed by atoms with Crippen molar-refractivity contribution in [1.29, 1.82) is 0 Å².